The first-order valence-corrected chi connectivity index (χ1v) is 8.36. The molecule has 0 unspecified atom stereocenters. The number of nitrogens with zero attached hydrogens (tertiary/aromatic N) is 1. The molecule has 5 heteroatoms. The molecule has 2 amide bonds. The summed E-state index contributed by atoms with van der Waals surface area (Å²) in [7, 11) is 0. The van der Waals surface area contributed by atoms with E-state index < -0.39 is 0 Å². The van der Waals surface area contributed by atoms with Crippen molar-refractivity contribution in [3.8, 4) is 0 Å². The van der Waals surface area contributed by atoms with Crippen LogP contribution < -0.4 is 10.2 Å². The maximum Gasteiger partial charge on any atom is 0.265 e. The van der Waals surface area contributed by atoms with Gasteiger partial charge in [-0.05, 0) is 54.5 Å². The van der Waals surface area contributed by atoms with Crippen LogP contribution in [0.5, 0.6) is 0 Å². The summed E-state index contributed by atoms with van der Waals surface area (Å²) in [6.07, 6.45) is 1.94. The number of benzene rings is 1. The highest BCUT2D eigenvalue weighted by Gasteiger charge is 2.37. The van der Waals surface area contributed by atoms with Crippen LogP contribution in [0, 0.1) is 0 Å². The average molecular weight is 312 g/mol. The van der Waals surface area contributed by atoms with E-state index in [9.17, 15) is 9.59 Å². The van der Waals surface area contributed by atoms with Crippen molar-refractivity contribution in [2.75, 3.05) is 16.8 Å². The topological polar surface area (TPSA) is 49.4 Å². The van der Waals surface area contributed by atoms with Gasteiger partial charge in [0.25, 0.3) is 5.91 Å². The Kier molecular flexibility index (Phi) is 3.04. The molecule has 2 aliphatic heterocycles. The van der Waals surface area contributed by atoms with E-state index in [0.717, 1.165) is 36.3 Å². The fraction of sp³-hybridized carbons (Fsp3) is 0.294. The Morgan fingerprint density at radius 3 is 3.05 bits per heavy atom. The van der Waals surface area contributed by atoms with Gasteiger partial charge in [0, 0.05) is 12.2 Å². The molecule has 4 nitrogen and oxygen atoms in total. The normalized spacial score (nSPS) is 19.2. The zero-order chi connectivity index (χ0) is 15.3. The molecule has 4 rings (SSSR count). The number of aryl methyl sites for hydroxylation is 1. The molecule has 0 fully saturated rings. The lowest BCUT2D eigenvalue weighted by molar-refractivity contribution is -0.119. The van der Waals surface area contributed by atoms with E-state index in [-0.39, 0.29) is 17.7 Å². The Morgan fingerprint density at radius 2 is 2.27 bits per heavy atom. The second-order valence-corrected chi connectivity index (χ2v) is 6.77. The van der Waals surface area contributed by atoms with Crippen LogP contribution in [0.15, 0.2) is 29.6 Å². The Labute approximate surface area is 132 Å². The number of carbonyl (C=O) groups is 2. The summed E-state index contributed by atoms with van der Waals surface area (Å²) in [6, 6.07) is 7.65. The largest absolute Gasteiger partial charge is 0.321 e. The number of anilines is 2. The van der Waals surface area contributed by atoms with Gasteiger partial charge in [0.15, 0.2) is 0 Å². The number of nitrogens with one attached hydrogen (secondary N) is 1. The highest BCUT2D eigenvalue weighted by molar-refractivity contribution is 7.12. The summed E-state index contributed by atoms with van der Waals surface area (Å²) in [5.41, 5.74) is 4.08. The van der Waals surface area contributed by atoms with E-state index in [2.05, 4.69) is 5.32 Å². The van der Waals surface area contributed by atoms with Gasteiger partial charge in [-0.25, -0.2) is 0 Å². The first-order valence-electron chi connectivity index (χ1n) is 7.48. The van der Waals surface area contributed by atoms with Crippen LogP contribution in [0.2, 0.25) is 0 Å². The minimum Gasteiger partial charge on any atom is -0.321 e. The fourth-order valence-electron chi connectivity index (χ4n) is 3.37. The molecule has 0 saturated heterocycles. The van der Waals surface area contributed by atoms with Crippen LogP contribution in [0.3, 0.4) is 0 Å². The summed E-state index contributed by atoms with van der Waals surface area (Å²) < 4.78 is 0. The van der Waals surface area contributed by atoms with E-state index >= 15 is 0 Å². The molecule has 22 heavy (non-hydrogen) atoms. The fourth-order valence-corrected chi connectivity index (χ4v) is 3.99. The second kappa shape index (κ2) is 4.95. The molecule has 1 aromatic carbocycles. The quantitative estimate of drug-likeness (QED) is 0.924. The highest BCUT2D eigenvalue weighted by Crippen LogP contribution is 2.44. The smallest absolute Gasteiger partial charge is 0.265 e. The van der Waals surface area contributed by atoms with Crippen molar-refractivity contribution in [2.24, 2.45) is 0 Å². The van der Waals surface area contributed by atoms with Gasteiger partial charge in [-0.3, -0.25) is 9.59 Å². The molecule has 3 heterocycles. The van der Waals surface area contributed by atoms with Gasteiger partial charge < -0.3 is 10.2 Å². The molecule has 2 aliphatic rings. The highest BCUT2D eigenvalue weighted by atomic mass is 32.1. The molecule has 1 N–H and O–H groups in total. The zero-order valence-corrected chi connectivity index (χ0v) is 13.1. The molecule has 1 aromatic heterocycles. The zero-order valence-electron chi connectivity index (χ0n) is 12.3. The van der Waals surface area contributed by atoms with Crippen LogP contribution in [0.25, 0.3) is 0 Å². The van der Waals surface area contributed by atoms with Crippen LogP contribution in [-0.4, -0.2) is 18.4 Å². The minimum absolute atomic E-state index is 0.0909. The van der Waals surface area contributed by atoms with E-state index in [1.54, 1.807) is 0 Å². The summed E-state index contributed by atoms with van der Waals surface area (Å²) in [6.45, 7) is 2.76. The van der Waals surface area contributed by atoms with Crippen molar-refractivity contribution in [1.29, 1.82) is 0 Å². The third kappa shape index (κ3) is 1.96. The van der Waals surface area contributed by atoms with Crippen molar-refractivity contribution in [3.05, 3.63) is 45.6 Å². The van der Waals surface area contributed by atoms with Gasteiger partial charge in [-0.1, -0.05) is 6.07 Å². The molecule has 0 spiro atoms. The maximum atomic E-state index is 12.3. The van der Waals surface area contributed by atoms with Gasteiger partial charge >= 0.3 is 0 Å². The van der Waals surface area contributed by atoms with Gasteiger partial charge in [0.1, 0.15) is 0 Å². The number of amides is 2. The van der Waals surface area contributed by atoms with Crippen molar-refractivity contribution < 1.29 is 9.59 Å². The molecular weight excluding hydrogens is 296 g/mol. The van der Waals surface area contributed by atoms with Crippen molar-refractivity contribution in [3.63, 3.8) is 0 Å². The molecule has 1 atom stereocenters. The lowest BCUT2D eigenvalue weighted by Crippen LogP contribution is -2.32. The molecule has 0 aliphatic carbocycles. The third-order valence-electron chi connectivity index (χ3n) is 4.42. The summed E-state index contributed by atoms with van der Waals surface area (Å²) >= 11 is 1.42. The maximum absolute atomic E-state index is 12.3. The molecule has 2 aromatic rings. The first kappa shape index (κ1) is 13.5. The monoisotopic (exact) mass is 312 g/mol. The number of rotatable bonds is 2. The summed E-state index contributed by atoms with van der Waals surface area (Å²) in [5.74, 6) is -0.0325. The number of thiophene rings is 1. The van der Waals surface area contributed by atoms with Crippen LogP contribution in [0.1, 0.15) is 40.1 Å². The van der Waals surface area contributed by atoms with E-state index in [1.807, 2.05) is 41.5 Å². The predicted octanol–water partition coefficient (Wildman–Crippen LogP) is 3.40. The number of hydrogen-bond acceptors (Lipinski definition) is 3. The second-order valence-electron chi connectivity index (χ2n) is 5.82. The summed E-state index contributed by atoms with van der Waals surface area (Å²) in [5, 5.41) is 4.85. The standard InChI is InChI=1S/C17H16N2O2S/c1-10-13-9-12(18-16(20)14-5-3-7-22-14)8-11-4-2-6-19(15(11)13)17(10)21/h3,5,7-10H,2,4,6H2,1H3,(H,18,20)/t10-/m1/s1. The lowest BCUT2D eigenvalue weighted by atomic mass is 9.96. The molecule has 0 saturated carbocycles. The first-order chi connectivity index (χ1) is 10.6. The van der Waals surface area contributed by atoms with E-state index in [1.165, 1.54) is 16.9 Å². The average Bonchev–Trinajstić information content (AvgIpc) is 3.13. The Morgan fingerprint density at radius 1 is 1.41 bits per heavy atom. The minimum atomic E-state index is -0.120. The van der Waals surface area contributed by atoms with Gasteiger partial charge in [0.05, 0.1) is 16.5 Å². The molecule has 0 radical (unpaired) electrons. The predicted molar refractivity (Wildman–Crippen MR) is 87.8 cm³/mol. The SMILES string of the molecule is C[C@H]1C(=O)N2CCCc3cc(NC(=O)c4cccs4)cc1c32. The van der Waals surface area contributed by atoms with Crippen molar-refractivity contribution in [2.45, 2.75) is 25.7 Å². The van der Waals surface area contributed by atoms with Crippen LogP contribution in [-0.2, 0) is 11.2 Å². The lowest BCUT2D eigenvalue weighted by Gasteiger charge is -2.26. The third-order valence-corrected chi connectivity index (χ3v) is 5.29. The van der Waals surface area contributed by atoms with E-state index in [4.69, 9.17) is 0 Å². The Bertz CT molecular complexity index is 767. The van der Waals surface area contributed by atoms with Gasteiger partial charge in [-0.2, -0.15) is 0 Å². The molecule has 0 bridgehead atoms. The Balaban J connectivity index is 1.72. The summed E-state index contributed by atoms with van der Waals surface area (Å²) in [4.78, 5) is 27.2. The van der Waals surface area contributed by atoms with Gasteiger partial charge in [-0.15, -0.1) is 11.3 Å². The van der Waals surface area contributed by atoms with Crippen LogP contribution in [0.4, 0.5) is 11.4 Å². The van der Waals surface area contributed by atoms with E-state index in [0.29, 0.717) is 4.88 Å². The molecular formula is C17H16N2O2S. The number of hydrogen-bond donors (Lipinski definition) is 1. The Hall–Kier alpha value is -2.14. The van der Waals surface area contributed by atoms with Crippen LogP contribution >= 0.6 is 11.3 Å². The van der Waals surface area contributed by atoms with Gasteiger partial charge in [0.2, 0.25) is 5.91 Å². The van der Waals surface area contributed by atoms with Crippen molar-refractivity contribution >= 4 is 34.5 Å². The van der Waals surface area contributed by atoms with Crippen molar-refractivity contribution in [1.82, 2.24) is 0 Å². The molecule has 112 valence electrons. The number of carbonyl (C=O) groups excluding carboxylic acids is 2.